The molecule has 1 atom stereocenters. The van der Waals surface area contributed by atoms with Crippen molar-refractivity contribution in [1.29, 1.82) is 0 Å². The maximum absolute atomic E-state index is 9.51. The second-order valence-corrected chi connectivity index (χ2v) is 3.65. The Kier molecular flexibility index (Phi) is 4.24. The predicted molar refractivity (Wildman–Crippen MR) is 51.4 cm³/mol. The second kappa shape index (κ2) is 5.24. The molecule has 74 valence electrons. The zero-order valence-electron chi connectivity index (χ0n) is 7.86. The van der Waals surface area contributed by atoms with E-state index in [0.717, 1.165) is 6.42 Å². The van der Waals surface area contributed by atoms with E-state index in [2.05, 4.69) is 10.1 Å². The molecule has 13 heavy (non-hydrogen) atoms. The van der Waals surface area contributed by atoms with Crippen LogP contribution < -0.4 is 0 Å². The van der Waals surface area contributed by atoms with Gasteiger partial charge in [0.25, 0.3) is 0 Å². The van der Waals surface area contributed by atoms with Gasteiger partial charge in [-0.15, -0.1) is 0 Å². The summed E-state index contributed by atoms with van der Waals surface area (Å²) in [4.78, 5) is 4.07. The summed E-state index contributed by atoms with van der Waals surface area (Å²) < 4.78 is 4.93. The first-order valence-corrected chi connectivity index (χ1v) is 5.66. The lowest BCUT2D eigenvalue weighted by molar-refractivity contribution is 0.153. The van der Waals surface area contributed by atoms with E-state index in [1.807, 2.05) is 13.2 Å². The topological polar surface area (TPSA) is 59.2 Å². The van der Waals surface area contributed by atoms with Crippen molar-refractivity contribution in [2.24, 2.45) is 0 Å². The summed E-state index contributed by atoms with van der Waals surface area (Å²) >= 11 is 1.62. The van der Waals surface area contributed by atoms with E-state index >= 15 is 0 Å². The monoisotopic (exact) mass is 202 g/mol. The van der Waals surface area contributed by atoms with Crippen LogP contribution in [0.3, 0.4) is 0 Å². The molecule has 1 heterocycles. The Balaban J connectivity index is 2.56. The van der Waals surface area contributed by atoms with E-state index in [9.17, 15) is 5.11 Å². The molecule has 1 unspecified atom stereocenters. The average Bonchev–Trinajstić information content (AvgIpc) is 2.54. The summed E-state index contributed by atoms with van der Waals surface area (Å²) in [5, 5.41) is 13.2. The largest absolute Gasteiger partial charge is 0.385 e. The van der Waals surface area contributed by atoms with Crippen molar-refractivity contribution in [1.82, 2.24) is 10.1 Å². The first-order chi connectivity index (χ1) is 6.27. The SMILES string of the molecule is CCCC(O)c1noc(CSC)n1. The Morgan fingerprint density at radius 2 is 2.38 bits per heavy atom. The van der Waals surface area contributed by atoms with E-state index in [1.54, 1.807) is 11.8 Å². The number of aliphatic hydroxyl groups is 1. The van der Waals surface area contributed by atoms with Gasteiger partial charge in [-0.2, -0.15) is 16.7 Å². The predicted octanol–water partition coefficient (Wildman–Crippen LogP) is 1.77. The van der Waals surface area contributed by atoms with Crippen LogP contribution in [-0.4, -0.2) is 21.5 Å². The maximum Gasteiger partial charge on any atom is 0.236 e. The van der Waals surface area contributed by atoms with Crippen molar-refractivity contribution in [3.8, 4) is 0 Å². The minimum Gasteiger partial charge on any atom is -0.385 e. The first kappa shape index (κ1) is 10.5. The molecule has 0 aliphatic heterocycles. The Labute approximate surface area is 81.7 Å². The Morgan fingerprint density at radius 3 is 3.00 bits per heavy atom. The quantitative estimate of drug-likeness (QED) is 0.788. The van der Waals surface area contributed by atoms with Crippen molar-refractivity contribution in [3.63, 3.8) is 0 Å². The van der Waals surface area contributed by atoms with E-state index in [-0.39, 0.29) is 0 Å². The van der Waals surface area contributed by atoms with E-state index in [1.165, 1.54) is 0 Å². The summed E-state index contributed by atoms with van der Waals surface area (Å²) in [5.41, 5.74) is 0. The molecule has 1 N–H and O–H groups in total. The van der Waals surface area contributed by atoms with E-state index in [0.29, 0.717) is 23.9 Å². The molecule has 0 spiro atoms. The molecule has 1 aromatic heterocycles. The highest BCUT2D eigenvalue weighted by Gasteiger charge is 2.13. The average molecular weight is 202 g/mol. The molecule has 0 radical (unpaired) electrons. The fourth-order valence-electron chi connectivity index (χ4n) is 0.988. The normalized spacial score (nSPS) is 13.2. The highest BCUT2D eigenvalue weighted by molar-refractivity contribution is 7.97. The van der Waals surface area contributed by atoms with Crippen molar-refractivity contribution < 1.29 is 9.63 Å². The molecule has 0 saturated carbocycles. The van der Waals surface area contributed by atoms with Gasteiger partial charge in [-0.3, -0.25) is 0 Å². The third-order valence-electron chi connectivity index (χ3n) is 1.61. The molecule has 4 nitrogen and oxygen atoms in total. The Hall–Kier alpha value is -0.550. The van der Waals surface area contributed by atoms with Gasteiger partial charge < -0.3 is 9.63 Å². The van der Waals surface area contributed by atoms with Crippen LogP contribution in [-0.2, 0) is 5.75 Å². The molecule has 0 bridgehead atoms. The lowest BCUT2D eigenvalue weighted by Gasteiger charge is -2.00. The lowest BCUT2D eigenvalue weighted by Crippen LogP contribution is -1.99. The van der Waals surface area contributed by atoms with Gasteiger partial charge in [0, 0.05) is 0 Å². The fraction of sp³-hybridized carbons (Fsp3) is 0.750. The summed E-state index contributed by atoms with van der Waals surface area (Å²) in [6.45, 7) is 2.01. The number of thioether (sulfide) groups is 1. The zero-order valence-corrected chi connectivity index (χ0v) is 8.67. The number of aromatic nitrogens is 2. The van der Waals surface area contributed by atoms with E-state index in [4.69, 9.17) is 4.52 Å². The molecule has 1 rings (SSSR count). The third kappa shape index (κ3) is 3.00. The molecular weight excluding hydrogens is 188 g/mol. The van der Waals surface area contributed by atoms with Crippen LogP contribution >= 0.6 is 11.8 Å². The number of hydrogen-bond acceptors (Lipinski definition) is 5. The molecule has 1 aromatic rings. The van der Waals surface area contributed by atoms with Crippen LogP contribution in [0.25, 0.3) is 0 Å². The Bertz CT molecular complexity index is 252. The summed E-state index contributed by atoms with van der Waals surface area (Å²) in [7, 11) is 0. The van der Waals surface area contributed by atoms with Crippen LogP contribution in [0.5, 0.6) is 0 Å². The Morgan fingerprint density at radius 1 is 1.62 bits per heavy atom. The molecule has 0 fully saturated rings. The molecule has 0 saturated heterocycles. The fourth-order valence-corrected chi connectivity index (χ4v) is 1.35. The van der Waals surface area contributed by atoms with Crippen LogP contribution in [0.4, 0.5) is 0 Å². The van der Waals surface area contributed by atoms with Crippen LogP contribution in [0.2, 0.25) is 0 Å². The van der Waals surface area contributed by atoms with Crippen molar-refractivity contribution >= 4 is 11.8 Å². The number of rotatable bonds is 5. The van der Waals surface area contributed by atoms with Crippen LogP contribution in [0, 0.1) is 0 Å². The highest BCUT2D eigenvalue weighted by atomic mass is 32.2. The molecule has 0 aromatic carbocycles. The zero-order chi connectivity index (χ0) is 9.68. The molecular formula is C8H14N2O2S. The van der Waals surface area contributed by atoms with Crippen molar-refractivity contribution in [2.75, 3.05) is 6.26 Å². The number of hydrogen-bond donors (Lipinski definition) is 1. The number of aliphatic hydroxyl groups excluding tert-OH is 1. The van der Waals surface area contributed by atoms with Gasteiger partial charge in [-0.1, -0.05) is 18.5 Å². The van der Waals surface area contributed by atoms with Crippen molar-refractivity contribution in [3.05, 3.63) is 11.7 Å². The smallest absolute Gasteiger partial charge is 0.236 e. The maximum atomic E-state index is 9.51. The summed E-state index contributed by atoms with van der Waals surface area (Å²) in [5.74, 6) is 1.69. The van der Waals surface area contributed by atoms with Gasteiger partial charge in [-0.25, -0.2) is 0 Å². The van der Waals surface area contributed by atoms with Gasteiger partial charge in [-0.05, 0) is 12.7 Å². The minimum absolute atomic E-state index is 0.408. The number of nitrogens with zero attached hydrogens (tertiary/aromatic N) is 2. The minimum atomic E-state index is -0.579. The molecule has 0 aliphatic rings. The molecule has 0 amide bonds. The summed E-state index contributed by atoms with van der Waals surface area (Å²) in [6, 6.07) is 0. The van der Waals surface area contributed by atoms with Gasteiger partial charge in [0.2, 0.25) is 5.89 Å². The molecule has 0 aliphatic carbocycles. The van der Waals surface area contributed by atoms with Crippen molar-refractivity contribution in [2.45, 2.75) is 31.6 Å². The first-order valence-electron chi connectivity index (χ1n) is 4.27. The highest BCUT2D eigenvalue weighted by Crippen LogP contribution is 2.16. The molecule has 5 heteroatoms. The standard InChI is InChI=1S/C8H14N2O2S/c1-3-4-6(11)8-9-7(5-13-2)12-10-8/h6,11H,3-5H2,1-2H3. The van der Waals surface area contributed by atoms with Gasteiger partial charge in [0.05, 0.1) is 5.75 Å². The van der Waals surface area contributed by atoms with Gasteiger partial charge >= 0.3 is 0 Å². The van der Waals surface area contributed by atoms with Crippen LogP contribution in [0.1, 0.15) is 37.6 Å². The van der Waals surface area contributed by atoms with Gasteiger partial charge in [0.1, 0.15) is 6.10 Å². The van der Waals surface area contributed by atoms with Gasteiger partial charge in [0.15, 0.2) is 5.82 Å². The summed E-state index contributed by atoms with van der Waals surface area (Å²) in [6.07, 6.45) is 2.97. The van der Waals surface area contributed by atoms with Crippen LogP contribution in [0.15, 0.2) is 4.52 Å². The second-order valence-electron chi connectivity index (χ2n) is 2.78. The third-order valence-corrected chi connectivity index (χ3v) is 2.15. The lowest BCUT2D eigenvalue weighted by atomic mass is 10.2. The van der Waals surface area contributed by atoms with E-state index < -0.39 is 6.10 Å².